The topological polar surface area (TPSA) is 75.0 Å². The summed E-state index contributed by atoms with van der Waals surface area (Å²) >= 11 is 0. The molecule has 28 heavy (non-hydrogen) atoms. The first-order valence-electron chi connectivity index (χ1n) is 8.75. The Labute approximate surface area is 163 Å². The zero-order chi connectivity index (χ0) is 19.8. The first-order chi connectivity index (χ1) is 13.6. The van der Waals surface area contributed by atoms with Crippen molar-refractivity contribution in [3.8, 4) is 11.8 Å². The number of hydrogen-bond acceptors (Lipinski definition) is 4. The smallest absolute Gasteiger partial charge is 0.248 e. The molecule has 0 atom stereocenters. The highest BCUT2D eigenvalue weighted by molar-refractivity contribution is 6.01. The van der Waals surface area contributed by atoms with E-state index in [1.54, 1.807) is 54.9 Å². The van der Waals surface area contributed by atoms with Gasteiger partial charge in [-0.3, -0.25) is 9.78 Å². The molecular formula is C23H19N3O2. The van der Waals surface area contributed by atoms with E-state index in [0.29, 0.717) is 23.6 Å². The van der Waals surface area contributed by atoms with Crippen molar-refractivity contribution in [3.63, 3.8) is 0 Å². The predicted octanol–water partition coefficient (Wildman–Crippen LogP) is 4.49. The van der Waals surface area contributed by atoms with Gasteiger partial charge in [0.2, 0.25) is 5.91 Å². The maximum atomic E-state index is 12.1. The van der Waals surface area contributed by atoms with Crippen molar-refractivity contribution in [2.75, 3.05) is 5.32 Å². The van der Waals surface area contributed by atoms with E-state index in [9.17, 15) is 4.79 Å². The van der Waals surface area contributed by atoms with Crippen LogP contribution in [0.3, 0.4) is 0 Å². The molecule has 5 heteroatoms. The zero-order valence-electron chi connectivity index (χ0n) is 15.4. The lowest BCUT2D eigenvalue weighted by atomic mass is 10.1. The van der Waals surface area contributed by atoms with Crippen LogP contribution in [-0.2, 0) is 11.4 Å². The summed E-state index contributed by atoms with van der Waals surface area (Å²) in [4.78, 5) is 16.1. The van der Waals surface area contributed by atoms with Crippen LogP contribution in [0.25, 0.3) is 6.08 Å². The minimum Gasteiger partial charge on any atom is -0.489 e. The van der Waals surface area contributed by atoms with Gasteiger partial charge in [-0.25, -0.2) is 0 Å². The van der Waals surface area contributed by atoms with Crippen molar-refractivity contribution < 1.29 is 9.53 Å². The van der Waals surface area contributed by atoms with Crippen molar-refractivity contribution in [2.24, 2.45) is 0 Å². The summed E-state index contributed by atoms with van der Waals surface area (Å²) < 4.78 is 5.73. The van der Waals surface area contributed by atoms with E-state index in [2.05, 4.69) is 16.4 Å². The zero-order valence-corrected chi connectivity index (χ0v) is 15.4. The highest BCUT2D eigenvalue weighted by Gasteiger charge is 2.01. The molecule has 0 saturated heterocycles. The van der Waals surface area contributed by atoms with Gasteiger partial charge < -0.3 is 10.1 Å². The van der Waals surface area contributed by atoms with Crippen molar-refractivity contribution >= 4 is 17.7 Å². The summed E-state index contributed by atoms with van der Waals surface area (Å²) in [7, 11) is 0. The van der Waals surface area contributed by atoms with Crippen LogP contribution in [0.4, 0.5) is 5.69 Å². The quantitative estimate of drug-likeness (QED) is 0.650. The number of anilines is 1. The summed E-state index contributed by atoms with van der Waals surface area (Å²) in [5.41, 5.74) is 4.12. The van der Waals surface area contributed by atoms with Crippen molar-refractivity contribution in [1.82, 2.24) is 4.98 Å². The first-order valence-corrected chi connectivity index (χ1v) is 8.75. The van der Waals surface area contributed by atoms with E-state index in [-0.39, 0.29) is 5.91 Å². The van der Waals surface area contributed by atoms with Gasteiger partial charge in [-0.2, -0.15) is 5.26 Å². The number of nitrogens with zero attached hydrogens (tertiary/aromatic N) is 2. The van der Waals surface area contributed by atoms with Crippen LogP contribution in [0.5, 0.6) is 5.75 Å². The molecule has 0 bridgehead atoms. The number of ether oxygens (including phenoxy) is 1. The summed E-state index contributed by atoms with van der Waals surface area (Å²) in [6.45, 7) is 2.32. The third kappa shape index (κ3) is 5.55. The number of benzene rings is 2. The van der Waals surface area contributed by atoms with Gasteiger partial charge in [-0.15, -0.1) is 0 Å². The van der Waals surface area contributed by atoms with Crippen molar-refractivity contribution in [1.29, 1.82) is 5.26 Å². The monoisotopic (exact) mass is 369 g/mol. The van der Waals surface area contributed by atoms with Gasteiger partial charge >= 0.3 is 0 Å². The maximum absolute atomic E-state index is 12.1. The molecular weight excluding hydrogens is 350 g/mol. The molecule has 1 aromatic heterocycles. The molecule has 0 aliphatic heterocycles. The van der Waals surface area contributed by atoms with Crippen LogP contribution in [0.2, 0.25) is 0 Å². The van der Waals surface area contributed by atoms with Crippen LogP contribution in [0.1, 0.15) is 22.3 Å². The molecule has 0 radical (unpaired) electrons. The molecule has 2 aromatic carbocycles. The van der Waals surface area contributed by atoms with Crippen LogP contribution in [0, 0.1) is 18.3 Å². The molecule has 5 nitrogen and oxygen atoms in total. The average Bonchev–Trinajstić information content (AvgIpc) is 2.72. The van der Waals surface area contributed by atoms with Crippen molar-refractivity contribution in [3.05, 3.63) is 95.3 Å². The van der Waals surface area contributed by atoms with Gasteiger partial charge in [-0.05, 0) is 72.2 Å². The number of amides is 1. The molecule has 3 rings (SSSR count). The fourth-order valence-electron chi connectivity index (χ4n) is 2.56. The maximum Gasteiger partial charge on any atom is 0.248 e. The van der Waals surface area contributed by atoms with Crippen molar-refractivity contribution in [2.45, 2.75) is 13.5 Å². The van der Waals surface area contributed by atoms with Gasteiger partial charge in [0.05, 0.1) is 11.6 Å². The SMILES string of the molecule is Cc1cncc(/C=C/C(=O)Nc2ccc(OCc3cccc(C#N)c3)cc2)c1. The molecule has 1 amide bonds. The van der Waals surface area contributed by atoms with Gasteiger partial charge in [-0.1, -0.05) is 12.1 Å². The molecule has 138 valence electrons. The molecule has 1 N–H and O–H groups in total. The molecule has 0 fully saturated rings. The predicted molar refractivity (Wildman–Crippen MR) is 109 cm³/mol. The fourth-order valence-corrected chi connectivity index (χ4v) is 2.56. The molecule has 0 aliphatic rings. The minimum absolute atomic E-state index is 0.219. The number of carbonyl (C=O) groups is 1. The number of rotatable bonds is 6. The molecule has 0 saturated carbocycles. The lowest BCUT2D eigenvalue weighted by Crippen LogP contribution is -2.07. The summed E-state index contributed by atoms with van der Waals surface area (Å²) in [5, 5.41) is 11.7. The molecule has 0 unspecified atom stereocenters. The summed E-state index contributed by atoms with van der Waals surface area (Å²) in [6, 6.07) is 18.5. The molecule has 0 spiro atoms. The standard InChI is InChI=1S/C23H19N3O2/c1-17-11-19(15-25-14-17)5-10-23(27)26-21-6-8-22(9-7-21)28-16-20-4-2-3-18(12-20)13-24/h2-12,14-15H,16H2,1H3,(H,26,27)/b10-5+. The van der Waals surface area contributed by atoms with Crippen LogP contribution < -0.4 is 10.1 Å². The van der Waals surface area contributed by atoms with Crippen LogP contribution in [-0.4, -0.2) is 10.9 Å². The van der Waals surface area contributed by atoms with Gasteiger partial charge in [0, 0.05) is 24.2 Å². The van der Waals surface area contributed by atoms with E-state index in [4.69, 9.17) is 10.00 Å². The van der Waals surface area contributed by atoms with E-state index in [1.165, 1.54) is 6.08 Å². The lowest BCUT2D eigenvalue weighted by molar-refractivity contribution is -0.111. The fraction of sp³-hybridized carbons (Fsp3) is 0.0870. The second kappa shape index (κ2) is 9.15. The Morgan fingerprint density at radius 2 is 2.00 bits per heavy atom. The lowest BCUT2D eigenvalue weighted by Gasteiger charge is -2.08. The summed E-state index contributed by atoms with van der Waals surface area (Å²) in [6.07, 6.45) is 6.67. The normalized spacial score (nSPS) is 10.4. The van der Waals surface area contributed by atoms with Gasteiger partial charge in [0.25, 0.3) is 0 Å². The largest absolute Gasteiger partial charge is 0.489 e. The Kier molecular flexibility index (Phi) is 6.17. The van der Waals surface area contributed by atoms with E-state index in [0.717, 1.165) is 16.7 Å². The second-order valence-electron chi connectivity index (χ2n) is 6.24. The van der Waals surface area contributed by atoms with Gasteiger partial charge in [0.1, 0.15) is 12.4 Å². The molecule has 3 aromatic rings. The number of aryl methyl sites for hydroxylation is 1. The number of nitriles is 1. The third-order valence-corrected chi connectivity index (χ3v) is 3.91. The van der Waals surface area contributed by atoms with E-state index in [1.807, 2.05) is 25.1 Å². The summed E-state index contributed by atoms with van der Waals surface area (Å²) in [5.74, 6) is 0.463. The van der Waals surface area contributed by atoms with Crippen LogP contribution >= 0.6 is 0 Å². The Bertz CT molecular complexity index is 1030. The number of hydrogen-bond donors (Lipinski definition) is 1. The Morgan fingerprint density at radius 3 is 2.75 bits per heavy atom. The second-order valence-corrected chi connectivity index (χ2v) is 6.24. The van der Waals surface area contributed by atoms with Gasteiger partial charge in [0.15, 0.2) is 0 Å². The number of aromatic nitrogens is 1. The Morgan fingerprint density at radius 1 is 1.18 bits per heavy atom. The number of pyridine rings is 1. The third-order valence-electron chi connectivity index (χ3n) is 3.91. The highest BCUT2D eigenvalue weighted by atomic mass is 16.5. The van der Waals surface area contributed by atoms with Crippen LogP contribution in [0.15, 0.2) is 73.1 Å². The number of nitrogens with one attached hydrogen (secondary N) is 1. The Balaban J connectivity index is 1.53. The first kappa shape index (κ1) is 18.9. The number of carbonyl (C=O) groups excluding carboxylic acids is 1. The molecule has 1 heterocycles. The van der Waals surface area contributed by atoms with E-state index >= 15 is 0 Å². The van der Waals surface area contributed by atoms with E-state index < -0.39 is 0 Å². The Hall–Kier alpha value is -3.91. The molecule has 0 aliphatic carbocycles. The minimum atomic E-state index is -0.219. The highest BCUT2D eigenvalue weighted by Crippen LogP contribution is 2.17. The average molecular weight is 369 g/mol.